The Morgan fingerprint density at radius 1 is 1.47 bits per heavy atom. The summed E-state index contributed by atoms with van der Waals surface area (Å²) in [4.78, 5) is 14.4. The second kappa shape index (κ2) is 4.70. The maximum Gasteiger partial charge on any atom is 0.290 e. The molecule has 1 aliphatic rings. The first-order chi connectivity index (χ1) is 7.18. The zero-order valence-electron chi connectivity index (χ0n) is 8.08. The molecule has 0 aromatic carbocycles. The van der Waals surface area contributed by atoms with E-state index in [1.54, 1.807) is 6.07 Å². The number of piperidine rings is 1. The average molecular weight is 337 g/mol. The highest BCUT2D eigenvalue weighted by atomic mass is 79.9. The van der Waals surface area contributed by atoms with Crippen molar-refractivity contribution in [2.45, 2.75) is 17.7 Å². The highest BCUT2D eigenvalue weighted by Gasteiger charge is 2.25. The summed E-state index contributed by atoms with van der Waals surface area (Å²) in [7, 11) is 0. The summed E-state index contributed by atoms with van der Waals surface area (Å²) in [6.45, 7) is 1.59. The van der Waals surface area contributed by atoms with Gasteiger partial charge in [0, 0.05) is 17.9 Å². The minimum Gasteiger partial charge on any atom is -0.458 e. The predicted octanol–water partition coefficient (Wildman–Crippen LogP) is 3.04. The Kier molecular flexibility index (Phi) is 3.51. The maximum absolute atomic E-state index is 12.0. The normalized spacial score (nSPS) is 18.1. The Morgan fingerprint density at radius 3 is 2.67 bits per heavy atom. The van der Waals surface area contributed by atoms with Crippen LogP contribution in [0.3, 0.4) is 0 Å². The molecule has 1 aromatic heterocycles. The van der Waals surface area contributed by atoms with Gasteiger partial charge in [-0.2, -0.15) is 0 Å². The molecule has 3 nitrogen and oxygen atoms in total. The van der Waals surface area contributed by atoms with E-state index in [2.05, 4.69) is 31.9 Å². The summed E-state index contributed by atoms with van der Waals surface area (Å²) in [6.07, 6.45) is 3.53. The third-order valence-corrected chi connectivity index (χ3v) is 4.06. The first-order valence-electron chi connectivity index (χ1n) is 4.85. The van der Waals surface area contributed by atoms with Crippen LogP contribution in [0.4, 0.5) is 0 Å². The number of rotatable bonds is 1. The van der Waals surface area contributed by atoms with Gasteiger partial charge in [0.05, 0.1) is 10.7 Å². The van der Waals surface area contributed by atoms with Gasteiger partial charge in [-0.1, -0.05) is 15.9 Å². The minimum absolute atomic E-state index is 0.0220. The summed E-state index contributed by atoms with van der Waals surface area (Å²) in [5.41, 5.74) is 0. The van der Waals surface area contributed by atoms with Gasteiger partial charge in [-0.3, -0.25) is 4.79 Å². The third-order valence-electron chi connectivity index (χ3n) is 2.52. The molecular formula is C10H11Br2NO2. The van der Waals surface area contributed by atoms with Crippen molar-refractivity contribution in [2.75, 3.05) is 13.1 Å². The molecule has 1 aliphatic heterocycles. The Hall–Kier alpha value is -0.290. The quantitative estimate of drug-likeness (QED) is 0.738. The van der Waals surface area contributed by atoms with Crippen molar-refractivity contribution in [2.24, 2.45) is 0 Å². The van der Waals surface area contributed by atoms with Gasteiger partial charge < -0.3 is 9.32 Å². The van der Waals surface area contributed by atoms with E-state index in [1.807, 2.05) is 4.90 Å². The topological polar surface area (TPSA) is 33.5 Å². The fraction of sp³-hybridized carbons (Fsp3) is 0.500. The second-order valence-corrected chi connectivity index (χ2v) is 5.71. The molecule has 0 aliphatic carbocycles. The van der Waals surface area contributed by atoms with Crippen LogP contribution in [0.5, 0.6) is 0 Å². The highest BCUT2D eigenvalue weighted by molar-refractivity contribution is 9.10. The van der Waals surface area contributed by atoms with Crippen molar-refractivity contribution in [3.8, 4) is 0 Å². The van der Waals surface area contributed by atoms with Gasteiger partial charge in [-0.25, -0.2) is 0 Å². The largest absolute Gasteiger partial charge is 0.458 e. The lowest BCUT2D eigenvalue weighted by Crippen LogP contribution is -2.38. The van der Waals surface area contributed by atoms with E-state index in [-0.39, 0.29) is 5.91 Å². The minimum atomic E-state index is -0.0220. The lowest BCUT2D eigenvalue weighted by atomic mass is 10.1. The number of hydrogen-bond acceptors (Lipinski definition) is 2. The first kappa shape index (κ1) is 11.2. The van der Waals surface area contributed by atoms with Crippen molar-refractivity contribution in [1.82, 2.24) is 4.90 Å². The zero-order chi connectivity index (χ0) is 10.8. The van der Waals surface area contributed by atoms with Crippen LogP contribution in [0.1, 0.15) is 23.4 Å². The number of carbonyl (C=O) groups excluding carboxylic acids is 1. The van der Waals surface area contributed by atoms with E-state index in [9.17, 15) is 4.79 Å². The van der Waals surface area contributed by atoms with Gasteiger partial charge in [-0.15, -0.1) is 0 Å². The number of alkyl halides is 1. The van der Waals surface area contributed by atoms with Gasteiger partial charge in [0.1, 0.15) is 0 Å². The lowest BCUT2D eigenvalue weighted by Gasteiger charge is -2.28. The van der Waals surface area contributed by atoms with Crippen LogP contribution in [0, 0.1) is 0 Å². The molecule has 1 fully saturated rings. The standard InChI is InChI=1S/C10H11Br2NO2/c11-7-1-4-13(5-2-7)10(14)9-8(12)3-6-15-9/h3,6-7H,1-2,4-5H2. The predicted molar refractivity (Wildman–Crippen MR) is 64.3 cm³/mol. The molecule has 0 saturated carbocycles. The maximum atomic E-state index is 12.0. The highest BCUT2D eigenvalue weighted by Crippen LogP contribution is 2.23. The number of likely N-dealkylation sites (tertiary alicyclic amines) is 1. The SMILES string of the molecule is O=C(c1occc1Br)N1CCC(Br)CC1. The van der Waals surface area contributed by atoms with Crippen molar-refractivity contribution < 1.29 is 9.21 Å². The second-order valence-electron chi connectivity index (χ2n) is 3.56. The van der Waals surface area contributed by atoms with E-state index in [4.69, 9.17) is 4.42 Å². The number of amides is 1. The van der Waals surface area contributed by atoms with E-state index >= 15 is 0 Å². The van der Waals surface area contributed by atoms with Gasteiger partial charge in [0.25, 0.3) is 5.91 Å². The van der Waals surface area contributed by atoms with Crippen LogP contribution in [-0.4, -0.2) is 28.7 Å². The summed E-state index contributed by atoms with van der Waals surface area (Å²) in [5.74, 6) is 0.384. The molecule has 2 rings (SSSR count). The summed E-state index contributed by atoms with van der Waals surface area (Å²) >= 11 is 6.85. The summed E-state index contributed by atoms with van der Waals surface area (Å²) < 4.78 is 5.89. The lowest BCUT2D eigenvalue weighted by molar-refractivity contribution is 0.0695. The van der Waals surface area contributed by atoms with Crippen molar-refractivity contribution >= 4 is 37.8 Å². The number of nitrogens with zero attached hydrogens (tertiary/aromatic N) is 1. The molecule has 1 aromatic rings. The number of carbonyl (C=O) groups is 1. The van der Waals surface area contributed by atoms with E-state index in [0.29, 0.717) is 10.6 Å². The van der Waals surface area contributed by atoms with Gasteiger partial charge in [0.15, 0.2) is 0 Å². The smallest absolute Gasteiger partial charge is 0.290 e. The van der Waals surface area contributed by atoms with Crippen LogP contribution < -0.4 is 0 Å². The molecule has 1 saturated heterocycles. The summed E-state index contributed by atoms with van der Waals surface area (Å²) in [5, 5.41) is 0. The average Bonchev–Trinajstić information content (AvgIpc) is 2.65. The van der Waals surface area contributed by atoms with E-state index in [0.717, 1.165) is 30.4 Å². The monoisotopic (exact) mass is 335 g/mol. The fourth-order valence-corrected chi connectivity index (χ4v) is 2.42. The van der Waals surface area contributed by atoms with Crippen molar-refractivity contribution in [3.05, 3.63) is 22.6 Å². The summed E-state index contributed by atoms with van der Waals surface area (Å²) in [6, 6.07) is 1.74. The van der Waals surface area contributed by atoms with Crippen LogP contribution in [-0.2, 0) is 0 Å². The molecule has 0 N–H and O–H groups in total. The molecule has 0 radical (unpaired) electrons. The Bertz CT molecular complexity index is 356. The molecule has 0 spiro atoms. The number of halogens is 2. The number of furan rings is 1. The zero-order valence-corrected chi connectivity index (χ0v) is 11.3. The Balaban J connectivity index is 2.06. The fourth-order valence-electron chi connectivity index (χ4n) is 1.64. The molecule has 0 unspecified atom stereocenters. The van der Waals surface area contributed by atoms with E-state index < -0.39 is 0 Å². The van der Waals surface area contributed by atoms with Crippen molar-refractivity contribution in [3.63, 3.8) is 0 Å². The molecule has 82 valence electrons. The third kappa shape index (κ3) is 2.45. The van der Waals surface area contributed by atoms with Crippen LogP contribution >= 0.6 is 31.9 Å². The van der Waals surface area contributed by atoms with Crippen LogP contribution in [0.15, 0.2) is 21.2 Å². The molecule has 15 heavy (non-hydrogen) atoms. The molecule has 1 amide bonds. The van der Waals surface area contributed by atoms with Crippen molar-refractivity contribution in [1.29, 1.82) is 0 Å². The van der Waals surface area contributed by atoms with Gasteiger partial charge in [-0.05, 0) is 34.8 Å². The number of hydrogen-bond donors (Lipinski definition) is 0. The molecular weight excluding hydrogens is 326 g/mol. The Labute approximate surface area is 105 Å². The molecule has 2 heterocycles. The van der Waals surface area contributed by atoms with Crippen LogP contribution in [0.2, 0.25) is 0 Å². The van der Waals surface area contributed by atoms with Crippen LogP contribution in [0.25, 0.3) is 0 Å². The molecule has 5 heteroatoms. The van der Waals surface area contributed by atoms with Gasteiger partial charge >= 0.3 is 0 Å². The van der Waals surface area contributed by atoms with Gasteiger partial charge in [0.2, 0.25) is 5.76 Å². The first-order valence-corrected chi connectivity index (χ1v) is 6.55. The van der Waals surface area contributed by atoms with E-state index in [1.165, 1.54) is 6.26 Å². The Morgan fingerprint density at radius 2 is 2.13 bits per heavy atom. The molecule has 0 atom stereocenters. The molecule has 0 bridgehead atoms.